The lowest BCUT2D eigenvalue weighted by molar-refractivity contribution is 0.111. The van der Waals surface area contributed by atoms with Crippen molar-refractivity contribution in [3.05, 3.63) is 28.8 Å². The van der Waals surface area contributed by atoms with Crippen molar-refractivity contribution in [1.29, 1.82) is 0 Å². The van der Waals surface area contributed by atoms with Crippen molar-refractivity contribution in [1.82, 2.24) is 0 Å². The number of aldehydes is 1. The molecular formula is C15H21ClO2. The van der Waals surface area contributed by atoms with E-state index in [-0.39, 0.29) is 0 Å². The number of ether oxygens (including phenoxy) is 1. The van der Waals surface area contributed by atoms with Crippen LogP contribution in [0.1, 0.15) is 49.9 Å². The molecule has 1 atom stereocenters. The van der Waals surface area contributed by atoms with Gasteiger partial charge in [0, 0.05) is 5.02 Å². The normalized spacial score (nSPS) is 12.2. The average Bonchev–Trinajstić information content (AvgIpc) is 2.40. The molecule has 1 aromatic rings. The summed E-state index contributed by atoms with van der Waals surface area (Å²) in [6.07, 6.45) is 5.50. The largest absolute Gasteiger partial charge is 0.493 e. The first-order valence-electron chi connectivity index (χ1n) is 6.58. The van der Waals surface area contributed by atoms with Crippen molar-refractivity contribution in [2.45, 2.75) is 39.5 Å². The third-order valence-electron chi connectivity index (χ3n) is 3.12. The zero-order chi connectivity index (χ0) is 13.4. The molecule has 0 saturated carbocycles. The molecule has 0 bridgehead atoms. The first-order chi connectivity index (χ1) is 8.71. The van der Waals surface area contributed by atoms with E-state index in [1.54, 1.807) is 18.2 Å². The molecule has 0 aliphatic carbocycles. The van der Waals surface area contributed by atoms with E-state index >= 15 is 0 Å². The molecule has 0 heterocycles. The minimum atomic E-state index is 0.521. The van der Waals surface area contributed by atoms with Crippen molar-refractivity contribution < 1.29 is 9.53 Å². The number of carbonyl (C=O) groups excluding carboxylic acids is 1. The fourth-order valence-corrected chi connectivity index (χ4v) is 2.03. The molecule has 0 aromatic heterocycles. The standard InChI is InChI=1S/C15H21ClO2/c1-3-5-6-12(4-2)11-18-15-8-7-14(16)9-13(15)10-17/h7-10,12H,3-6,11H2,1-2H3. The van der Waals surface area contributed by atoms with Gasteiger partial charge in [0.1, 0.15) is 5.75 Å². The maximum absolute atomic E-state index is 10.9. The van der Waals surface area contributed by atoms with Crippen LogP contribution in [0.25, 0.3) is 0 Å². The second kappa shape index (κ2) is 8.15. The van der Waals surface area contributed by atoms with Crippen LogP contribution in [0.5, 0.6) is 5.75 Å². The lowest BCUT2D eigenvalue weighted by Gasteiger charge is -2.16. The van der Waals surface area contributed by atoms with Crippen molar-refractivity contribution in [3.63, 3.8) is 0 Å². The van der Waals surface area contributed by atoms with E-state index in [1.807, 2.05) is 0 Å². The molecule has 0 amide bonds. The predicted octanol–water partition coefficient (Wildman–Crippen LogP) is 4.75. The van der Waals surface area contributed by atoms with Gasteiger partial charge in [0.25, 0.3) is 0 Å². The molecule has 0 N–H and O–H groups in total. The fourth-order valence-electron chi connectivity index (χ4n) is 1.85. The van der Waals surface area contributed by atoms with Gasteiger partial charge >= 0.3 is 0 Å². The number of carbonyl (C=O) groups is 1. The number of rotatable bonds is 8. The zero-order valence-corrected chi connectivity index (χ0v) is 11.9. The van der Waals surface area contributed by atoms with Crippen molar-refractivity contribution in [3.8, 4) is 5.75 Å². The Morgan fingerprint density at radius 2 is 2.17 bits per heavy atom. The fraction of sp³-hybridized carbons (Fsp3) is 0.533. The molecule has 3 heteroatoms. The molecule has 0 saturated heterocycles. The summed E-state index contributed by atoms with van der Waals surface area (Å²) in [4.78, 5) is 10.9. The zero-order valence-electron chi connectivity index (χ0n) is 11.1. The second-order valence-electron chi connectivity index (χ2n) is 4.53. The van der Waals surface area contributed by atoms with Gasteiger partial charge in [-0.05, 0) is 30.5 Å². The van der Waals surface area contributed by atoms with Gasteiger partial charge in [0.05, 0.1) is 12.2 Å². The molecule has 1 aromatic carbocycles. The van der Waals surface area contributed by atoms with Gasteiger partial charge in [0.15, 0.2) is 6.29 Å². The molecule has 0 spiro atoms. The van der Waals surface area contributed by atoms with E-state index in [9.17, 15) is 4.79 Å². The van der Waals surface area contributed by atoms with Gasteiger partial charge in [-0.15, -0.1) is 0 Å². The number of halogens is 1. The Balaban J connectivity index is 2.58. The second-order valence-corrected chi connectivity index (χ2v) is 4.96. The Morgan fingerprint density at radius 3 is 2.78 bits per heavy atom. The monoisotopic (exact) mass is 268 g/mol. The number of hydrogen-bond acceptors (Lipinski definition) is 2. The van der Waals surface area contributed by atoms with Crippen LogP contribution in [0, 0.1) is 5.92 Å². The molecule has 0 fully saturated rings. The summed E-state index contributed by atoms with van der Waals surface area (Å²) in [6, 6.07) is 5.15. The minimum absolute atomic E-state index is 0.521. The van der Waals surface area contributed by atoms with Gasteiger partial charge in [-0.25, -0.2) is 0 Å². The lowest BCUT2D eigenvalue weighted by atomic mass is 10.0. The van der Waals surface area contributed by atoms with E-state index < -0.39 is 0 Å². The third kappa shape index (κ3) is 4.69. The Kier molecular flexibility index (Phi) is 6.81. The summed E-state index contributed by atoms with van der Waals surface area (Å²) in [5.41, 5.74) is 0.521. The first kappa shape index (κ1) is 15.0. The van der Waals surface area contributed by atoms with Crippen LogP contribution < -0.4 is 4.74 Å². The van der Waals surface area contributed by atoms with E-state index in [1.165, 1.54) is 19.3 Å². The van der Waals surface area contributed by atoms with E-state index in [2.05, 4.69) is 13.8 Å². The number of hydrogen-bond donors (Lipinski definition) is 0. The van der Waals surface area contributed by atoms with E-state index in [0.717, 1.165) is 12.7 Å². The highest BCUT2D eigenvalue weighted by atomic mass is 35.5. The maximum Gasteiger partial charge on any atom is 0.153 e. The smallest absolute Gasteiger partial charge is 0.153 e. The van der Waals surface area contributed by atoms with Crippen LogP contribution in [0.4, 0.5) is 0 Å². The van der Waals surface area contributed by atoms with Crippen LogP contribution in [0.15, 0.2) is 18.2 Å². The summed E-state index contributed by atoms with van der Waals surface area (Å²) < 4.78 is 5.74. The van der Waals surface area contributed by atoms with Crippen LogP contribution in [0.3, 0.4) is 0 Å². The van der Waals surface area contributed by atoms with Gasteiger partial charge in [0.2, 0.25) is 0 Å². The summed E-state index contributed by atoms with van der Waals surface area (Å²) in [5, 5.41) is 0.558. The Bertz CT molecular complexity index is 377. The quantitative estimate of drug-likeness (QED) is 0.636. The molecule has 18 heavy (non-hydrogen) atoms. The third-order valence-corrected chi connectivity index (χ3v) is 3.35. The SMILES string of the molecule is CCCCC(CC)COc1ccc(Cl)cc1C=O. The minimum Gasteiger partial charge on any atom is -0.493 e. The maximum atomic E-state index is 10.9. The molecule has 1 rings (SSSR count). The van der Waals surface area contributed by atoms with Crippen molar-refractivity contribution >= 4 is 17.9 Å². The Morgan fingerprint density at radius 1 is 1.39 bits per heavy atom. The Labute approximate surface area is 114 Å². The van der Waals surface area contributed by atoms with E-state index in [0.29, 0.717) is 28.9 Å². The molecule has 1 unspecified atom stereocenters. The van der Waals surface area contributed by atoms with Gasteiger partial charge in [-0.3, -0.25) is 4.79 Å². The summed E-state index contributed by atoms with van der Waals surface area (Å²) in [5.74, 6) is 1.18. The molecule has 0 aliphatic heterocycles. The Hall–Kier alpha value is -1.02. The van der Waals surface area contributed by atoms with Gasteiger partial charge < -0.3 is 4.74 Å². The average molecular weight is 269 g/mol. The highest BCUT2D eigenvalue weighted by Crippen LogP contribution is 2.23. The molecule has 2 nitrogen and oxygen atoms in total. The van der Waals surface area contributed by atoms with Crippen molar-refractivity contribution in [2.24, 2.45) is 5.92 Å². The molecular weight excluding hydrogens is 248 g/mol. The highest BCUT2D eigenvalue weighted by Gasteiger charge is 2.09. The van der Waals surface area contributed by atoms with Gasteiger partial charge in [-0.1, -0.05) is 44.7 Å². The van der Waals surface area contributed by atoms with E-state index in [4.69, 9.17) is 16.3 Å². The summed E-state index contributed by atoms with van der Waals surface area (Å²) in [7, 11) is 0. The predicted molar refractivity (Wildman–Crippen MR) is 75.6 cm³/mol. The summed E-state index contributed by atoms with van der Waals surface area (Å²) >= 11 is 5.84. The molecule has 100 valence electrons. The molecule has 0 aliphatic rings. The van der Waals surface area contributed by atoms with Crippen LogP contribution in [0.2, 0.25) is 5.02 Å². The first-order valence-corrected chi connectivity index (χ1v) is 6.96. The summed E-state index contributed by atoms with van der Waals surface area (Å²) in [6.45, 7) is 5.03. The van der Waals surface area contributed by atoms with Gasteiger partial charge in [-0.2, -0.15) is 0 Å². The highest BCUT2D eigenvalue weighted by molar-refractivity contribution is 6.30. The van der Waals surface area contributed by atoms with Crippen LogP contribution in [-0.2, 0) is 0 Å². The lowest BCUT2D eigenvalue weighted by Crippen LogP contribution is -2.12. The number of unbranched alkanes of at least 4 members (excludes halogenated alkanes) is 1. The van der Waals surface area contributed by atoms with Crippen LogP contribution >= 0.6 is 11.6 Å². The van der Waals surface area contributed by atoms with Crippen molar-refractivity contribution in [2.75, 3.05) is 6.61 Å². The topological polar surface area (TPSA) is 26.3 Å². The van der Waals surface area contributed by atoms with Crippen LogP contribution in [-0.4, -0.2) is 12.9 Å². The number of benzene rings is 1. The molecule has 0 radical (unpaired) electrons.